The number of hydrogen-bond acceptors (Lipinski definition) is 4. The van der Waals surface area contributed by atoms with Crippen LogP contribution in [0.15, 0.2) is 24.3 Å². The molecule has 1 N–H and O–H groups in total. The van der Waals surface area contributed by atoms with Crippen LogP contribution < -0.4 is 9.47 Å². The molecule has 0 atom stereocenters. The molecule has 98 valence electrons. The van der Waals surface area contributed by atoms with Gasteiger partial charge in [0.05, 0.1) is 13.7 Å². The minimum Gasteiger partial charge on any atom is -0.493 e. The molecule has 0 aliphatic rings. The van der Waals surface area contributed by atoms with Crippen molar-refractivity contribution in [1.82, 2.24) is 0 Å². The van der Waals surface area contributed by atoms with E-state index in [1.165, 1.54) is 13.2 Å². The van der Waals surface area contributed by atoms with E-state index in [4.69, 9.17) is 19.3 Å². The Bertz CT molecular complexity index is 425. The van der Waals surface area contributed by atoms with Crippen molar-refractivity contribution in [3.63, 3.8) is 0 Å². The van der Waals surface area contributed by atoms with Gasteiger partial charge in [-0.1, -0.05) is 12.1 Å². The van der Waals surface area contributed by atoms with Crippen LogP contribution in [0.25, 0.3) is 6.08 Å². The fourth-order valence-corrected chi connectivity index (χ4v) is 1.37. The molecule has 1 rings (SSSR count). The van der Waals surface area contributed by atoms with E-state index in [1.807, 2.05) is 0 Å². The highest BCUT2D eigenvalue weighted by Gasteiger charge is 2.08. The molecular formula is C13H16O5. The number of carbonyl (C=O) groups is 1. The number of ether oxygens (including phenoxy) is 3. The highest BCUT2D eigenvalue weighted by atomic mass is 16.5. The molecule has 1 aromatic carbocycles. The van der Waals surface area contributed by atoms with Gasteiger partial charge in [-0.3, -0.25) is 0 Å². The number of carboxylic acids is 1. The molecular weight excluding hydrogens is 236 g/mol. The van der Waals surface area contributed by atoms with Crippen molar-refractivity contribution < 1.29 is 24.1 Å². The maximum Gasteiger partial charge on any atom is 0.328 e. The van der Waals surface area contributed by atoms with Gasteiger partial charge in [0.2, 0.25) is 0 Å². The summed E-state index contributed by atoms with van der Waals surface area (Å²) in [7, 11) is 3.11. The predicted octanol–water partition coefficient (Wildman–Crippen LogP) is 1.82. The molecule has 0 aliphatic carbocycles. The highest BCUT2D eigenvalue weighted by molar-refractivity contribution is 5.86. The zero-order chi connectivity index (χ0) is 13.4. The van der Waals surface area contributed by atoms with Crippen LogP contribution in [0.1, 0.15) is 5.56 Å². The van der Waals surface area contributed by atoms with E-state index in [2.05, 4.69) is 0 Å². The zero-order valence-corrected chi connectivity index (χ0v) is 10.4. The monoisotopic (exact) mass is 252 g/mol. The topological polar surface area (TPSA) is 65.0 Å². The molecule has 18 heavy (non-hydrogen) atoms. The number of benzene rings is 1. The van der Waals surface area contributed by atoms with Gasteiger partial charge >= 0.3 is 5.97 Å². The summed E-state index contributed by atoms with van der Waals surface area (Å²) in [6, 6.07) is 5.27. The van der Waals surface area contributed by atoms with E-state index in [0.717, 1.165) is 6.08 Å². The van der Waals surface area contributed by atoms with Gasteiger partial charge < -0.3 is 19.3 Å². The van der Waals surface area contributed by atoms with Crippen LogP contribution >= 0.6 is 0 Å². The van der Waals surface area contributed by atoms with Crippen molar-refractivity contribution >= 4 is 12.0 Å². The number of hydrogen-bond donors (Lipinski definition) is 1. The Kier molecular flexibility index (Phi) is 5.73. The summed E-state index contributed by atoms with van der Waals surface area (Å²) in [5.41, 5.74) is 0.646. The summed E-state index contributed by atoms with van der Waals surface area (Å²) >= 11 is 0. The molecule has 0 amide bonds. The first-order valence-corrected chi connectivity index (χ1v) is 5.38. The van der Waals surface area contributed by atoms with Crippen molar-refractivity contribution in [1.29, 1.82) is 0 Å². The molecule has 5 heteroatoms. The van der Waals surface area contributed by atoms with Gasteiger partial charge in [-0.25, -0.2) is 4.79 Å². The largest absolute Gasteiger partial charge is 0.493 e. The standard InChI is InChI=1S/C13H16O5/c1-16-8-9-18-13-10(6-7-12(14)15)4-3-5-11(13)17-2/h3-7H,8-9H2,1-2H3,(H,14,15)/b7-6+. The van der Waals surface area contributed by atoms with Crippen molar-refractivity contribution in [2.45, 2.75) is 0 Å². The van der Waals surface area contributed by atoms with Crippen molar-refractivity contribution in [2.75, 3.05) is 27.4 Å². The van der Waals surface area contributed by atoms with Crippen molar-refractivity contribution in [2.24, 2.45) is 0 Å². The van der Waals surface area contributed by atoms with Gasteiger partial charge in [0.1, 0.15) is 6.61 Å². The van der Waals surface area contributed by atoms with Gasteiger partial charge in [0.15, 0.2) is 11.5 Å². The number of methoxy groups -OCH3 is 2. The van der Waals surface area contributed by atoms with Gasteiger partial charge in [-0.05, 0) is 12.1 Å². The molecule has 5 nitrogen and oxygen atoms in total. The van der Waals surface area contributed by atoms with Gasteiger partial charge in [0, 0.05) is 18.7 Å². The molecule has 0 aliphatic heterocycles. The molecule has 0 radical (unpaired) electrons. The molecule has 0 unspecified atom stereocenters. The molecule has 0 heterocycles. The second kappa shape index (κ2) is 7.34. The molecule has 0 spiro atoms. The van der Waals surface area contributed by atoms with Gasteiger partial charge in [-0.2, -0.15) is 0 Å². The number of para-hydroxylation sites is 1. The first-order chi connectivity index (χ1) is 8.69. The van der Waals surface area contributed by atoms with E-state index in [9.17, 15) is 4.79 Å². The summed E-state index contributed by atoms with van der Waals surface area (Å²) in [4.78, 5) is 10.5. The van der Waals surface area contributed by atoms with Crippen LogP contribution in [0.5, 0.6) is 11.5 Å². The quantitative estimate of drug-likeness (QED) is 0.592. The number of aliphatic carboxylic acids is 1. The molecule has 0 bridgehead atoms. The lowest BCUT2D eigenvalue weighted by Gasteiger charge is -2.12. The third-order valence-corrected chi connectivity index (χ3v) is 2.17. The van der Waals surface area contributed by atoms with Crippen molar-refractivity contribution in [3.8, 4) is 11.5 Å². The Morgan fingerprint density at radius 3 is 2.72 bits per heavy atom. The predicted molar refractivity (Wildman–Crippen MR) is 67.0 cm³/mol. The van der Waals surface area contributed by atoms with Gasteiger partial charge in [-0.15, -0.1) is 0 Å². The van der Waals surface area contributed by atoms with Crippen LogP contribution in [0.4, 0.5) is 0 Å². The molecule has 0 fully saturated rings. The lowest BCUT2D eigenvalue weighted by atomic mass is 10.1. The summed E-state index contributed by atoms with van der Waals surface area (Å²) in [5, 5.41) is 8.63. The Balaban J connectivity index is 2.96. The maximum absolute atomic E-state index is 10.5. The zero-order valence-electron chi connectivity index (χ0n) is 10.4. The van der Waals surface area contributed by atoms with Crippen LogP contribution in [0, 0.1) is 0 Å². The first-order valence-electron chi connectivity index (χ1n) is 5.38. The van der Waals surface area contributed by atoms with E-state index in [-0.39, 0.29) is 0 Å². The summed E-state index contributed by atoms with van der Waals surface area (Å²) < 4.78 is 15.6. The second-order valence-corrected chi connectivity index (χ2v) is 3.39. The number of rotatable bonds is 7. The Hall–Kier alpha value is -2.01. The molecule has 1 aromatic rings. The third kappa shape index (κ3) is 4.10. The average molecular weight is 252 g/mol. The average Bonchev–Trinajstić information content (AvgIpc) is 2.37. The summed E-state index contributed by atoms with van der Waals surface area (Å²) in [6.45, 7) is 0.810. The summed E-state index contributed by atoms with van der Waals surface area (Å²) in [5.74, 6) is 0.0499. The lowest BCUT2D eigenvalue weighted by Crippen LogP contribution is -2.06. The minimum atomic E-state index is -1.01. The SMILES string of the molecule is COCCOc1c(/C=C/C(=O)O)cccc1OC. The molecule has 0 saturated heterocycles. The van der Waals surface area contributed by atoms with E-state index >= 15 is 0 Å². The minimum absolute atomic E-state index is 0.366. The highest BCUT2D eigenvalue weighted by Crippen LogP contribution is 2.31. The second-order valence-electron chi connectivity index (χ2n) is 3.39. The Morgan fingerprint density at radius 2 is 2.11 bits per heavy atom. The lowest BCUT2D eigenvalue weighted by molar-refractivity contribution is -0.131. The normalized spacial score (nSPS) is 10.6. The van der Waals surface area contributed by atoms with E-state index in [0.29, 0.717) is 30.3 Å². The number of carboxylic acid groups (broad SMARTS) is 1. The fraction of sp³-hybridized carbons (Fsp3) is 0.308. The summed E-state index contributed by atoms with van der Waals surface area (Å²) in [6.07, 6.45) is 2.52. The smallest absolute Gasteiger partial charge is 0.328 e. The Morgan fingerprint density at radius 1 is 1.33 bits per heavy atom. The molecule has 0 aromatic heterocycles. The van der Waals surface area contributed by atoms with E-state index in [1.54, 1.807) is 25.3 Å². The third-order valence-electron chi connectivity index (χ3n) is 2.17. The maximum atomic E-state index is 10.5. The molecule has 0 saturated carbocycles. The van der Waals surface area contributed by atoms with Crippen LogP contribution in [0.2, 0.25) is 0 Å². The van der Waals surface area contributed by atoms with Crippen molar-refractivity contribution in [3.05, 3.63) is 29.8 Å². The van der Waals surface area contributed by atoms with Crippen LogP contribution in [-0.2, 0) is 9.53 Å². The van der Waals surface area contributed by atoms with Crippen LogP contribution in [0.3, 0.4) is 0 Å². The van der Waals surface area contributed by atoms with Gasteiger partial charge in [0.25, 0.3) is 0 Å². The first kappa shape index (κ1) is 14.1. The van der Waals surface area contributed by atoms with E-state index < -0.39 is 5.97 Å². The van der Waals surface area contributed by atoms with Crippen LogP contribution in [-0.4, -0.2) is 38.5 Å². The fourth-order valence-electron chi connectivity index (χ4n) is 1.37. The Labute approximate surface area is 106 Å².